The molecule has 1 amide bonds. The monoisotopic (exact) mass is 291 g/mol. The Hall–Kier alpha value is -2.88. The van der Waals surface area contributed by atoms with Crippen LogP contribution in [0.25, 0.3) is 11.4 Å². The number of nitrogens with zero attached hydrogens (tertiary/aromatic N) is 2. The lowest BCUT2D eigenvalue weighted by Crippen LogP contribution is -2.06. The summed E-state index contributed by atoms with van der Waals surface area (Å²) in [7, 11) is 0. The molecule has 1 N–H and O–H groups in total. The maximum absolute atomic E-state index is 11.2. The van der Waals surface area contributed by atoms with Gasteiger partial charge < -0.3 is 9.88 Å². The number of nitrogens with one attached hydrogen (secondary N) is 1. The number of benzene rings is 2. The molecular formula is C18H17N3O. The van der Waals surface area contributed by atoms with E-state index in [2.05, 4.69) is 27.0 Å². The minimum Gasteiger partial charge on any atom is -0.327 e. The number of anilines is 1. The first kappa shape index (κ1) is 14.1. The van der Waals surface area contributed by atoms with Crippen molar-refractivity contribution in [3.63, 3.8) is 0 Å². The average Bonchev–Trinajstić information content (AvgIpc) is 2.96. The Morgan fingerprint density at radius 2 is 1.95 bits per heavy atom. The summed E-state index contributed by atoms with van der Waals surface area (Å²) in [5.41, 5.74) is 2.98. The molecule has 0 aliphatic rings. The third-order valence-corrected chi connectivity index (χ3v) is 3.35. The summed E-state index contributed by atoms with van der Waals surface area (Å²) < 4.78 is 2.10. The smallest absolute Gasteiger partial charge is 0.221 e. The molecule has 0 saturated heterocycles. The molecular weight excluding hydrogens is 274 g/mol. The molecule has 0 saturated carbocycles. The molecule has 0 bridgehead atoms. The second kappa shape index (κ2) is 6.26. The van der Waals surface area contributed by atoms with Gasteiger partial charge in [0.05, 0.1) is 0 Å². The summed E-state index contributed by atoms with van der Waals surface area (Å²) in [6.45, 7) is 2.27. The Kier molecular flexibility index (Phi) is 4.01. The molecule has 4 nitrogen and oxygen atoms in total. The van der Waals surface area contributed by atoms with Crippen LogP contribution in [0.15, 0.2) is 67.0 Å². The fourth-order valence-electron chi connectivity index (χ4n) is 2.42. The highest BCUT2D eigenvalue weighted by Gasteiger charge is 2.07. The van der Waals surface area contributed by atoms with Crippen LogP contribution in [0, 0.1) is 0 Å². The average molecular weight is 291 g/mol. The first-order chi connectivity index (χ1) is 10.7. The molecule has 1 aromatic heterocycles. The molecule has 2 aromatic carbocycles. The van der Waals surface area contributed by atoms with Crippen molar-refractivity contribution in [3.8, 4) is 11.4 Å². The van der Waals surface area contributed by atoms with E-state index >= 15 is 0 Å². The van der Waals surface area contributed by atoms with Crippen molar-refractivity contribution < 1.29 is 4.79 Å². The van der Waals surface area contributed by atoms with Gasteiger partial charge in [0, 0.05) is 37.1 Å². The second-order valence-electron chi connectivity index (χ2n) is 5.13. The van der Waals surface area contributed by atoms with Crippen LogP contribution in [0.3, 0.4) is 0 Å². The van der Waals surface area contributed by atoms with Crippen molar-refractivity contribution in [2.45, 2.75) is 13.5 Å². The van der Waals surface area contributed by atoms with Gasteiger partial charge in [-0.25, -0.2) is 4.98 Å². The maximum Gasteiger partial charge on any atom is 0.221 e. The van der Waals surface area contributed by atoms with Crippen LogP contribution in [-0.4, -0.2) is 15.5 Å². The summed E-state index contributed by atoms with van der Waals surface area (Å²) in [4.78, 5) is 15.6. The van der Waals surface area contributed by atoms with Crippen molar-refractivity contribution in [2.75, 3.05) is 5.32 Å². The molecule has 3 rings (SSSR count). The van der Waals surface area contributed by atoms with Crippen LogP contribution < -0.4 is 5.32 Å². The van der Waals surface area contributed by atoms with Crippen molar-refractivity contribution in [2.24, 2.45) is 0 Å². The van der Waals surface area contributed by atoms with Crippen molar-refractivity contribution in [1.82, 2.24) is 9.55 Å². The second-order valence-corrected chi connectivity index (χ2v) is 5.13. The predicted octanol–water partition coefficient (Wildman–Crippen LogP) is 3.56. The van der Waals surface area contributed by atoms with Gasteiger partial charge in [-0.2, -0.15) is 0 Å². The van der Waals surface area contributed by atoms with Gasteiger partial charge in [-0.3, -0.25) is 4.79 Å². The number of hydrogen-bond acceptors (Lipinski definition) is 2. The SMILES string of the molecule is CC(=O)Nc1cccc(-c2nccn2Cc2ccccc2)c1. The number of imidazole rings is 1. The number of carbonyl (C=O) groups is 1. The summed E-state index contributed by atoms with van der Waals surface area (Å²) in [5.74, 6) is 0.806. The first-order valence-corrected chi connectivity index (χ1v) is 7.15. The van der Waals surface area contributed by atoms with Gasteiger partial charge in [0.25, 0.3) is 0 Å². The van der Waals surface area contributed by atoms with E-state index in [1.54, 1.807) is 6.20 Å². The minimum absolute atomic E-state index is 0.0789. The van der Waals surface area contributed by atoms with Gasteiger partial charge in [0.15, 0.2) is 0 Å². The summed E-state index contributed by atoms with van der Waals surface area (Å²) in [6, 6.07) is 18.0. The highest BCUT2D eigenvalue weighted by molar-refractivity contribution is 5.89. The standard InChI is InChI=1S/C18H17N3O/c1-14(22)20-17-9-5-8-16(12-17)18-19-10-11-21(18)13-15-6-3-2-4-7-15/h2-12H,13H2,1H3,(H,20,22). The van der Waals surface area contributed by atoms with Gasteiger partial charge in [0.2, 0.25) is 5.91 Å². The maximum atomic E-state index is 11.2. The third-order valence-electron chi connectivity index (χ3n) is 3.35. The van der Waals surface area contributed by atoms with Crippen LogP contribution in [0.1, 0.15) is 12.5 Å². The molecule has 0 unspecified atom stereocenters. The topological polar surface area (TPSA) is 46.9 Å². The zero-order chi connectivity index (χ0) is 15.4. The summed E-state index contributed by atoms with van der Waals surface area (Å²) in [6.07, 6.45) is 3.76. The number of rotatable bonds is 4. The molecule has 110 valence electrons. The zero-order valence-corrected chi connectivity index (χ0v) is 12.4. The summed E-state index contributed by atoms with van der Waals surface area (Å²) >= 11 is 0. The van der Waals surface area contributed by atoms with E-state index in [9.17, 15) is 4.79 Å². The van der Waals surface area contributed by atoms with E-state index in [1.807, 2.05) is 48.7 Å². The van der Waals surface area contributed by atoms with Crippen LogP contribution >= 0.6 is 0 Å². The van der Waals surface area contributed by atoms with Crippen LogP contribution in [-0.2, 0) is 11.3 Å². The van der Waals surface area contributed by atoms with E-state index in [-0.39, 0.29) is 5.91 Å². The van der Waals surface area contributed by atoms with Gasteiger partial charge in [0.1, 0.15) is 5.82 Å². The van der Waals surface area contributed by atoms with Gasteiger partial charge in [-0.15, -0.1) is 0 Å². The molecule has 0 atom stereocenters. The fourth-order valence-corrected chi connectivity index (χ4v) is 2.42. The Bertz CT molecular complexity index is 778. The van der Waals surface area contributed by atoms with E-state index in [4.69, 9.17) is 0 Å². The Labute approximate surface area is 129 Å². The number of amides is 1. The third kappa shape index (κ3) is 3.23. The van der Waals surface area contributed by atoms with Crippen LogP contribution in [0.4, 0.5) is 5.69 Å². The fraction of sp³-hybridized carbons (Fsp3) is 0.111. The molecule has 3 aromatic rings. The lowest BCUT2D eigenvalue weighted by atomic mass is 10.1. The zero-order valence-electron chi connectivity index (χ0n) is 12.4. The van der Waals surface area contributed by atoms with Crippen molar-refractivity contribution in [1.29, 1.82) is 0 Å². The van der Waals surface area contributed by atoms with Gasteiger partial charge >= 0.3 is 0 Å². The lowest BCUT2D eigenvalue weighted by Gasteiger charge is -2.09. The summed E-state index contributed by atoms with van der Waals surface area (Å²) in [5, 5.41) is 2.80. The molecule has 0 fully saturated rings. The van der Waals surface area contributed by atoms with Crippen molar-refractivity contribution >= 4 is 11.6 Å². The molecule has 0 aliphatic carbocycles. The van der Waals surface area contributed by atoms with Crippen LogP contribution in [0.2, 0.25) is 0 Å². The molecule has 1 heterocycles. The Morgan fingerprint density at radius 3 is 2.73 bits per heavy atom. The molecule has 4 heteroatoms. The number of hydrogen-bond donors (Lipinski definition) is 1. The molecule has 0 spiro atoms. The Balaban J connectivity index is 1.90. The number of carbonyl (C=O) groups excluding carboxylic acids is 1. The normalized spacial score (nSPS) is 10.4. The van der Waals surface area contributed by atoms with E-state index in [0.29, 0.717) is 0 Å². The van der Waals surface area contributed by atoms with E-state index in [0.717, 1.165) is 23.6 Å². The van der Waals surface area contributed by atoms with Crippen LogP contribution in [0.5, 0.6) is 0 Å². The Morgan fingerprint density at radius 1 is 1.14 bits per heavy atom. The first-order valence-electron chi connectivity index (χ1n) is 7.15. The van der Waals surface area contributed by atoms with E-state index < -0.39 is 0 Å². The number of aromatic nitrogens is 2. The minimum atomic E-state index is -0.0789. The predicted molar refractivity (Wildman–Crippen MR) is 87.5 cm³/mol. The molecule has 22 heavy (non-hydrogen) atoms. The van der Waals surface area contributed by atoms with Crippen molar-refractivity contribution in [3.05, 3.63) is 72.6 Å². The molecule has 0 aliphatic heterocycles. The molecule has 0 radical (unpaired) electrons. The lowest BCUT2D eigenvalue weighted by molar-refractivity contribution is -0.114. The van der Waals surface area contributed by atoms with Gasteiger partial charge in [-0.1, -0.05) is 42.5 Å². The quantitative estimate of drug-likeness (QED) is 0.799. The largest absolute Gasteiger partial charge is 0.327 e. The van der Waals surface area contributed by atoms with Gasteiger partial charge in [-0.05, 0) is 17.7 Å². The van der Waals surface area contributed by atoms with E-state index in [1.165, 1.54) is 12.5 Å². The highest BCUT2D eigenvalue weighted by Crippen LogP contribution is 2.22. The highest BCUT2D eigenvalue weighted by atomic mass is 16.1.